The fraction of sp³-hybridized carbons (Fsp3) is 1.00. The van der Waals surface area contributed by atoms with Crippen LogP contribution >= 0.6 is 0 Å². The zero-order valence-corrected chi connectivity index (χ0v) is 12.0. The Bertz CT molecular complexity index is 180. The standard InChI is InChI=1S/C15H31NO/c1-4-7-15-12-14(9-11-17-15)16-10-6-5-8-13(2)3/h13-16H,4-12H2,1-3H3. The van der Waals surface area contributed by atoms with Crippen molar-refractivity contribution in [3.05, 3.63) is 0 Å². The zero-order chi connectivity index (χ0) is 12.5. The number of hydrogen-bond acceptors (Lipinski definition) is 2. The maximum Gasteiger partial charge on any atom is 0.0589 e. The summed E-state index contributed by atoms with van der Waals surface area (Å²) in [4.78, 5) is 0. The van der Waals surface area contributed by atoms with Crippen LogP contribution in [0.1, 0.15) is 65.7 Å². The second-order valence-electron chi connectivity index (χ2n) is 5.85. The maximum absolute atomic E-state index is 5.77. The minimum absolute atomic E-state index is 0.516. The third-order valence-electron chi connectivity index (χ3n) is 3.62. The van der Waals surface area contributed by atoms with E-state index in [9.17, 15) is 0 Å². The molecule has 0 amide bonds. The van der Waals surface area contributed by atoms with E-state index in [4.69, 9.17) is 4.74 Å². The number of hydrogen-bond donors (Lipinski definition) is 1. The van der Waals surface area contributed by atoms with Gasteiger partial charge in [0, 0.05) is 12.6 Å². The highest BCUT2D eigenvalue weighted by Gasteiger charge is 2.20. The first-order chi connectivity index (χ1) is 8.22. The van der Waals surface area contributed by atoms with Crippen LogP contribution in [0.25, 0.3) is 0 Å². The fourth-order valence-corrected chi connectivity index (χ4v) is 2.57. The van der Waals surface area contributed by atoms with Crippen molar-refractivity contribution >= 4 is 0 Å². The van der Waals surface area contributed by atoms with Crippen LogP contribution in [-0.4, -0.2) is 25.3 Å². The summed E-state index contributed by atoms with van der Waals surface area (Å²) in [6.07, 6.45) is 9.47. The molecule has 2 atom stereocenters. The van der Waals surface area contributed by atoms with Crippen molar-refractivity contribution in [2.24, 2.45) is 5.92 Å². The molecule has 1 aliphatic heterocycles. The molecule has 0 spiro atoms. The fourth-order valence-electron chi connectivity index (χ4n) is 2.57. The number of nitrogens with one attached hydrogen (secondary N) is 1. The normalized spacial score (nSPS) is 25.4. The predicted octanol–water partition coefficient (Wildman–Crippen LogP) is 3.75. The number of rotatable bonds is 8. The van der Waals surface area contributed by atoms with Gasteiger partial charge in [0.05, 0.1) is 6.10 Å². The second kappa shape index (κ2) is 8.93. The molecule has 2 nitrogen and oxygen atoms in total. The quantitative estimate of drug-likeness (QED) is 0.653. The van der Waals surface area contributed by atoms with Crippen LogP contribution < -0.4 is 5.32 Å². The van der Waals surface area contributed by atoms with E-state index in [1.165, 1.54) is 51.5 Å². The molecule has 0 bridgehead atoms. The average Bonchev–Trinajstić information content (AvgIpc) is 2.29. The topological polar surface area (TPSA) is 21.3 Å². The van der Waals surface area contributed by atoms with Crippen molar-refractivity contribution in [2.75, 3.05) is 13.2 Å². The Morgan fingerprint density at radius 3 is 2.82 bits per heavy atom. The smallest absolute Gasteiger partial charge is 0.0589 e. The van der Waals surface area contributed by atoms with Crippen molar-refractivity contribution in [3.63, 3.8) is 0 Å². The number of unbranched alkanes of at least 4 members (excludes halogenated alkanes) is 1. The Morgan fingerprint density at radius 1 is 1.29 bits per heavy atom. The summed E-state index contributed by atoms with van der Waals surface area (Å²) >= 11 is 0. The largest absolute Gasteiger partial charge is 0.378 e. The molecule has 0 aromatic carbocycles. The van der Waals surface area contributed by atoms with Gasteiger partial charge >= 0.3 is 0 Å². The van der Waals surface area contributed by atoms with E-state index in [2.05, 4.69) is 26.1 Å². The summed E-state index contributed by atoms with van der Waals surface area (Å²) < 4.78 is 5.77. The molecule has 2 unspecified atom stereocenters. The van der Waals surface area contributed by atoms with Gasteiger partial charge in [0.15, 0.2) is 0 Å². The summed E-state index contributed by atoms with van der Waals surface area (Å²) in [6.45, 7) is 9.00. The van der Waals surface area contributed by atoms with Crippen LogP contribution in [-0.2, 0) is 4.74 Å². The molecule has 0 aromatic rings. The third kappa shape index (κ3) is 7.05. The Morgan fingerprint density at radius 2 is 2.12 bits per heavy atom. The van der Waals surface area contributed by atoms with Crippen molar-refractivity contribution in [1.82, 2.24) is 5.32 Å². The highest BCUT2D eigenvalue weighted by Crippen LogP contribution is 2.17. The molecular formula is C15H31NO. The average molecular weight is 241 g/mol. The molecule has 0 radical (unpaired) electrons. The molecule has 1 fully saturated rings. The predicted molar refractivity (Wildman–Crippen MR) is 74.4 cm³/mol. The maximum atomic E-state index is 5.77. The minimum atomic E-state index is 0.516. The lowest BCUT2D eigenvalue weighted by Crippen LogP contribution is -2.39. The molecule has 1 rings (SSSR count). The summed E-state index contributed by atoms with van der Waals surface area (Å²) in [7, 11) is 0. The van der Waals surface area contributed by atoms with Gasteiger partial charge in [0.1, 0.15) is 0 Å². The molecule has 102 valence electrons. The van der Waals surface area contributed by atoms with E-state index < -0.39 is 0 Å². The van der Waals surface area contributed by atoms with Gasteiger partial charge in [0.25, 0.3) is 0 Å². The van der Waals surface area contributed by atoms with E-state index in [0.29, 0.717) is 12.1 Å². The van der Waals surface area contributed by atoms with Gasteiger partial charge in [-0.05, 0) is 38.1 Å². The van der Waals surface area contributed by atoms with Crippen molar-refractivity contribution in [1.29, 1.82) is 0 Å². The minimum Gasteiger partial charge on any atom is -0.378 e. The lowest BCUT2D eigenvalue weighted by atomic mass is 10.00. The highest BCUT2D eigenvalue weighted by molar-refractivity contribution is 4.76. The Labute approximate surface area is 108 Å². The molecule has 17 heavy (non-hydrogen) atoms. The SMILES string of the molecule is CCCC1CC(NCCCCC(C)C)CCO1. The van der Waals surface area contributed by atoms with Gasteiger partial charge in [0.2, 0.25) is 0 Å². The van der Waals surface area contributed by atoms with Gasteiger partial charge in [-0.2, -0.15) is 0 Å². The van der Waals surface area contributed by atoms with Crippen molar-refractivity contribution in [2.45, 2.75) is 77.9 Å². The Balaban J connectivity index is 2.02. The van der Waals surface area contributed by atoms with Crippen molar-refractivity contribution < 1.29 is 4.74 Å². The van der Waals surface area contributed by atoms with Crippen LogP contribution in [0.2, 0.25) is 0 Å². The summed E-state index contributed by atoms with van der Waals surface area (Å²) in [6, 6.07) is 0.708. The molecule has 1 saturated heterocycles. The lowest BCUT2D eigenvalue weighted by molar-refractivity contribution is -0.00311. The van der Waals surface area contributed by atoms with E-state index in [0.717, 1.165) is 12.5 Å². The van der Waals surface area contributed by atoms with Gasteiger partial charge in [-0.3, -0.25) is 0 Å². The first-order valence-electron chi connectivity index (χ1n) is 7.57. The van der Waals surface area contributed by atoms with Gasteiger partial charge < -0.3 is 10.1 Å². The first-order valence-corrected chi connectivity index (χ1v) is 7.57. The lowest BCUT2D eigenvalue weighted by Gasteiger charge is -2.30. The second-order valence-corrected chi connectivity index (χ2v) is 5.85. The van der Waals surface area contributed by atoms with Crippen LogP contribution in [0, 0.1) is 5.92 Å². The first kappa shape index (κ1) is 15.0. The van der Waals surface area contributed by atoms with E-state index in [1.807, 2.05) is 0 Å². The van der Waals surface area contributed by atoms with Crippen LogP contribution in [0.5, 0.6) is 0 Å². The molecule has 0 saturated carbocycles. The summed E-state index contributed by atoms with van der Waals surface area (Å²) in [5.74, 6) is 0.854. The Hall–Kier alpha value is -0.0800. The zero-order valence-electron chi connectivity index (χ0n) is 12.0. The van der Waals surface area contributed by atoms with Gasteiger partial charge in [-0.25, -0.2) is 0 Å². The van der Waals surface area contributed by atoms with E-state index >= 15 is 0 Å². The monoisotopic (exact) mass is 241 g/mol. The van der Waals surface area contributed by atoms with Crippen molar-refractivity contribution in [3.8, 4) is 0 Å². The molecule has 0 aliphatic carbocycles. The number of ether oxygens (including phenoxy) is 1. The molecule has 1 heterocycles. The van der Waals surface area contributed by atoms with Crippen LogP contribution in [0.3, 0.4) is 0 Å². The molecule has 1 aliphatic rings. The van der Waals surface area contributed by atoms with Gasteiger partial charge in [-0.1, -0.05) is 40.0 Å². The van der Waals surface area contributed by atoms with E-state index in [-0.39, 0.29) is 0 Å². The van der Waals surface area contributed by atoms with Crippen LogP contribution in [0.15, 0.2) is 0 Å². The van der Waals surface area contributed by atoms with E-state index in [1.54, 1.807) is 0 Å². The molecular weight excluding hydrogens is 210 g/mol. The summed E-state index contributed by atoms with van der Waals surface area (Å²) in [5, 5.41) is 3.70. The van der Waals surface area contributed by atoms with Gasteiger partial charge in [-0.15, -0.1) is 0 Å². The summed E-state index contributed by atoms with van der Waals surface area (Å²) in [5.41, 5.74) is 0. The van der Waals surface area contributed by atoms with Crippen LogP contribution in [0.4, 0.5) is 0 Å². The molecule has 2 heteroatoms. The highest BCUT2D eigenvalue weighted by atomic mass is 16.5. The Kier molecular flexibility index (Phi) is 7.87. The molecule has 1 N–H and O–H groups in total. The molecule has 0 aromatic heterocycles. The third-order valence-corrected chi connectivity index (χ3v) is 3.62.